The summed E-state index contributed by atoms with van der Waals surface area (Å²) in [5, 5.41) is 13.6. The molecule has 0 radical (unpaired) electrons. The van der Waals surface area contributed by atoms with E-state index in [4.69, 9.17) is 4.74 Å². The van der Waals surface area contributed by atoms with Crippen LogP contribution >= 0.6 is 0 Å². The average molecular weight is 302 g/mol. The summed E-state index contributed by atoms with van der Waals surface area (Å²) in [5.41, 5.74) is 1.51. The summed E-state index contributed by atoms with van der Waals surface area (Å²) in [7, 11) is 1.63. The van der Waals surface area contributed by atoms with Crippen molar-refractivity contribution in [2.75, 3.05) is 13.7 Å². The Labute approximate surface area is 129 Å². The van der Waals surface area contributed by atoms with E-state index < -0.39 is 5.54 Å². The molecule has 5 heteroatoms. The minimum Gasteiger partial charge on any atom is -0.497 e. The van der Waals surface area contributed by atoms with Crippen LogP contribution in [0.15, 0.2) is 24.4 Å². The van der Waals surface area contributed by atoms with Gasteiger partial charge in [0.25, 0.3) is 0 Å². The Kier molecular flexibility index (Phi) is 4.07. The van der Waals surface area contributed by atoms with E-state index in [0.29, 0.717) is 6.42 Å². The fourth-order valence-corrected chi connectivity index (χ4v) is 3.32. The van der Waals surface area contributed by atoms with Gasteiger partial charge in [-0.3, -0.25) is 4.79 Å². The molecule has 3 N–H and O–H groups in total. The maximum Gasteiger partial charge on any atom is 0.225 e. The van der Waals surface area contributed by atoms with Crippen LogP contribution < -0.4 is 10.1 Å². The molecule has 1 aliphatic rings. The first-order valence-corrected chi connectivity index (χ1v) is 7.72. The van der Waals surface area contributed by atoms with Gasteiger partial charge in [0, 0.05) is 17.1 Å². The largest absolute Gasteiger partial charge is 0.497 e. The summed E-state index contributed by atoms with van der Waals surface area (Å²) < 4.78 is 5.25. The van der Waals surface area contributed by atoms with Gasteiger partial charge in [-0.1, -0.05) is 12.8 Å². The molecule has 1 amide bonds. The lowest BCUT2D eigenvalue weighted by atomic mass is 9.98. The molecule has 0 atom stereocenters. The number of hydrogen-bond donors (Lipinski definition) is 3. The Bertz CT molecular complexity index is 672. The van der Waals surface area contributed by atoms with E-state index >= 15 is 0 Å². The number of methoxy groups -OCH3 is 1. The molecular formula is C17H22N2O3. The summed E-state index contributed by atoms with van der Waals surface area (Å²) >= 11 is 0. The van der Waals surface area contributed by atoms with Crippen molar-refractivity contribution in [3.63, 3.8) is 0 Å². The third-order valence-corrected chi connectivity index (χ3v) is 4.59. The van der Waals surface area contributed by atoms with Crippen molar-refractivity contribution >= 4 is 16.8 Å². The molecule has 1 fully saturated rings. The second-order valence-electron chi connectivity index (χ2n) is 6.10. The second-order valence-corrected chi connectivity index (χ2v) is 6.10. The average Bonchev–Trinajstić information content (AvgIpc) is 3.15. The second kappa shape index (κ2) is 6.01. The van der Waals surface area contributed by atoms with Crippen LogP contribution in [-0.2, 0) is 11.2 Å². The first-order valence-electron chi connectivity index (χ1n) is 7.72. The number of benzene rings is 1. The quantitative estimate of drug-likeness (QED) is 0.792. The minimum absolute atomic E-state index is 0.0143. The number of aromatic nitrogens is 1. The molecule has 1 aliphatic carbocycles. The molecule has 1 aromatic carbocycles. The number of H-pyrrole nitrogens is 1. The Hall–Kier alpha value is -2.01. The normalized spacial score (nSPS) is 16.8. The third kappa shape index (κ3) is 2.81. The van der Waals surface area contributed by atoms with Crippen LogP contribution in [0.1, 0.15) is 31.2 Å². The van der Waals surface area contributed by atoms with Crippen LogP contribution in [0.3, 0.4) is 0 Å². The topological polar surface area (TPSA) is 74.4 Å². The van der Waals surface area contributed by atoms with E-state index in [1.165, 1.54) is 0 Å². The molecule has 0 spiro atoms. The van der Waals surface area contributed by atoms with Crippen LogP contribution in [-0.4, -0.2) is 35.3 Å². The van der Waals surface area contributed by atoms with Crippen molar-refractivity contribution in [1.82, 2.24) is 10.3 Å². The summed E-state index contributed by atoms with van der Waals surface area (Å²) in [4.78, 5) is 15.5. The monoisotopic (exact) mass is 302 g/mol. The lowest BCUT2D eigenvalue weighted by Crippen LogP contribution is -2.49. The number of nitrogens with one attached hydrogen (secondary N) is 2. The van der Waals surface area contributed by atoms with Crippen LogP contribution in [0.25, 0.3) is 10.9 Å². The summed E-state index contributed by atoms with van der Waals surface area (Å²) in [6, 6.07) is 5.77. The van der Waals surface area contributed by atoms with Gasteiger partial charge in [-0.15, -0.1) is 0 Å². The number of aliphatic hydroxyl groups is 1. The fraction of sp³-hybridized carbons (Fsp3) is 0.471. The summed E-state index contributed by atoms with van der Waals surface area (Å²) in [6.07, 6.45) is 6.00. The molecule has 0 saturated heterocycles. The number of fused-ring (bicyclic) bond motifs is 1. The molecule has 1 aromatic heterocycles. The molecule has 1 heterocycles. The Morgan fingerprint density at radius 1 is 1.41 bits per heavy atom. The number of ether oxygens (including phenoxy) is 1. The molecule has 22 heavy (non-hydrogen) atoms. The molecule has 0 bridgehead atoms. The first kappa shape index (κ1) is 14.9. The maximum atomic E-state index is 12.4. The van der Waals surface area contributed by atoms with Crippen molar-refractivity contribution < 1.29 is 14.6 Å². The zero-order valence-corrected chi connectivity index (χ0v) is 12.8. The number of hydrogen-bond acceptors (Lipinski definition) is 3. The van der Waals surface area contributed by atoms with Crippen LogP contribution in [0.5, 0.6) is 5.75 Å². The van der Waals surface area contributed by atoms with E-state index in [1.54, 1.807) is 7.11 Å². The van der Waals surface area contributed by atoms with Crippen LogP contribution in [0.4, 0.5) is 0 Å². The highest BCUT2D eigenvalue weighted by molar-refractivity contribution is 5.90. The van der Waals surface area contributed by atoms with Crippen molar-refractivity contribution in [3.05, 3.63) is 30.0 Å². The Morgan fingerprint density at radius 3 is 2.86 bits per heavy atom. The van der Waals surface area contributed by atoms with Gasteiger partial charge < -0.3 is 20.1 Å². The molecule has 0 aliphatic heterocycles. The van der Waals surface area contributed by atoms with Gasteiger partial charge >= 0.3 is 0 Å². The SMILES string of the molecule is COc1ccc2[nH]cc(CC(=O)NC3(CO)CCCC3)c2c1. The fourth-order valence-electron chi connectivity index (χ4n) is 3.32. The molecule has 118 valence electrons. The van der Waals surface area contributed by atoms with Crippen LogP contribution in [0, 0.1) is 0 Å². The third-order valence-electron chi connectivity index (χ3n) is 4.59. The van der Waals surface area contributed by atoms with E-state index in [0.717, 1.165) is 47.9 Å². The lowest BCUT2D eigenvalue weighted by Gasteiger charge is -2.27. The molecule has 0 unspecified atom stereocenters. The highest BCUT2D eigenvalue weighted by atomic mass is 16.5. The minimum atomic E-state index is -0.416. The highest BCUT2D eigenvalue weighted by Crippen LogP contribution is 2.29. The first-order chi connectivity index (χ1) is 10.7. The predicted octanol–water partition coefficient (Wildman–Crippen LogP) is 2.14. The number of carbonyl (C=O) groups excluding carboxylic acids is 1. The summed E-state index contributed by atoms with van der Waals surface area (Å²) in [5.74, 6) is 0.732. The van der Waals surface area contributed by atoms with Gasteiger partial charge in [0.15, 0.2) is 0 Å². The zero-order valence-electron chi connectivity index (χ0n) is 12.8. The van der Waals surface area contributed by atoms with Gasteiger partial charge in [0.1, 0.15) is 5.75 Å². The smallest absolute Gasteiger partial charge is 0.225 e. The van der Waals surface area contributed by atoms with E-state index in [-0.39, 0.29) is 12.5 Å². The van der Waals surface area contributed by atoms with E-state index in [1.807, 2.05) is 24.4 Å². The van der Waals surface area contributed by atoms with Crippen molar-refractivity contribution in [2.45, 2.75) is 37.6 Å². The van der Waals surface area contributed by atoms with Crippen molar-refractivity contribution in [1.29, 1.82) is 0 Å². The lowest BCUT2D eigenvalue weighted by molar-refractivity contribution is -0.122. The Balaban J connectivity index is 1.76. The van der Waals surface area contributed by atoms with Crippen LogP contribution in [0.2, 0.25) is 0 Å². The van der Waals surface area contributed by atoms with E-state index in [2.05, 4.69) is 10.3 Å². The van der Waals surface area contributed by atoms with E-state index in [9.17, 15) is 9.90 Å². The van der Waals surface area contributed by atoms with Gasteiger partial charge in [0.2, 0.25) is 5.91 Å². The van der Waals surface area contributed by atoms with Crippen molar-refractivity contribution in [3.8, 4) is 5.75 Å². The van der Waals surface area contributed by atoms with Gasteiger partial charge in [-0.25, -0.2) is 0 Å². The molecule has 2 aromatic rings. The molecule has 1 saturated carbocycles. The molecule has 3 rings (SSSR count). The molecular weight excluding hydrogens is 280 g/mol. The van der Waals surface area contributed by atoms with Crippen molar-refractivity contribution in [2.24, 2.45) is 0 Å². The standard InChI is InChI=1S/C17H22N2O3/c1-22-13-4-5-15-14(9-13)12(10-18-15)8-16(21)19-17(11-20)6-2-3-7-17/h4-5,9-10,18,20H,2-3,6-8,11H2,1H3,(H,19,21). The highest BCUT2D eigenvalue weighted by Gasteiger charge is 2.34. The van der Waals surface area contributed by atoms with Gasteiger partial charge in [-0.05, 0) is 36.6 Å². The zero-order chi connectivity index (χ0) is 15.6. The number of amides is 1. The number of aromatic amines is 1. The van der Waals surface area contributed by atoms with Gasteiger partial charge in [0.05, 0.1) is 25.7 Å². The number of carbonyl (C=O) groups is 1. The summed E-state index contributed by atoms with van der Waals surface area (Å²) in [6.45, 7) is 0.0143. The Morgan fingerprint density at radius 2 is 2.18 bits per heavy atom. The molecule has 5 nitrogen and oxygen atoms in total. The maximum absolute atomic E-state index is 12.4. The number of rotatable bonds is 5. The number of aliphatic hydroxyl groups excluding tert-OH is 1. The van der Waals surface area contributed by atoms with Gasteiger partial charge in [-0.2, -0.15) is 0 Å². The predicted molar refractivity (Wildman–Crippen MR) is 85.0 cm³/mol.